The Morgan fingerprint density at radius 2 is 1.76 bits per heavy atom. The lowest BCUT2D eigenvalue weighted by Gasteiger charge is -2.34. The zero-order valence-corrected chi connectivity index (χ0v) is 16.3. The van der Waals surface area contributed by atoms with Crippen LogP contribution in [0.5, 0.6) is 5.75 Å². The van der Waals surface area contributed by atoms with E-state index in [1.807, 2.05) is 6.92 Å². The van der Waals surface area contributed by atoms with Crippen molar-refractivity contribution in [1.82, 2.24) is 19.0 Å². The number of alkyl halides is 3. The van der Waals surface area contributed by atoms with Gasteiger partial charge < -0.3 is 9.64 Å². The molecule has 3 rings (SSSR count). The van der Waals surface area contributed by atoms with Gasteiger partial charge in [0.15, 0.2) is 0 Å². The number of ether oxygens (including phenoxy) is 1. The molecule has 8 nitrogen and oxygen atoms in total. The number of hydrogen-bond donors (Lipinski definition) is 0. The van der Waals surface area contributed by atoms with E-state index in [4.69, 9.17) is 0 Å². The Hall–Kier alpha value is -2.60. The number of aryl methyl sites for hydroxylation is 1. The molecule has 0 radical (unpaired) electrons. The summed E-state index contributed by atoms with van der Waals surface area (Å²) in [6, 6.07) is 4.03. The second-order valence-corrected chi connectivity index (χ2v) is 8.46. The first-order valence-electron chi connectivity index (χ1n) is 8.67. The van der Waals surface area contributed by atoms with E-state index in [-0.39, 0.29) is 43.5 Å². The van der Waals surface area contributed by atoms with Crippen LogP contribution >= 0.6 is 0 Å². The number of halogens is 3. The summed E-state index contributed by atoms with van der Waals surface area (Å²) in [6.45, 7) is 2.54. The zero-order chi connectivity index (χ0) is 21.2. The third-order valence-electron chi connectivity index (χ3n) is 4.35. The van der Waals surface area contributed by atoms with Crippen molar-refractivity contribution in [2.45, 2.75) is 24.7 Å². The normalized spacial score (nSPS) is 16.1. The maximum atomic E-state index is 12.7. The molecule has 1 amide bonds. The van der Waals surface area contributed by atoms with Crippen molar-refractivity contribution in [2.24, 2.45) is 0 Å². The van der Waals surface area contributed by atoms with Gasteiger partial charge in [-0.15, -0.1) is 13.2 Å². The van der Waals surface area contributed by atoms with Crippen molar-refractivity contribution in [3.8, 4) is 5.75 Å². The summed E-state index contributed by atoms with van der Waals surface area (Å²) in [4.78, 5) is 13.8. The molecule has 1 aromatic heterocycles. The van der Waals surface area contributed by atoms with Gasteiger partial charge in [0, 0.05) is 32.4 Å². The van der Waals surface area contributed by atoms with Crippen molar-refractivity contribution in [3.63, 3.8) is 0 Å². The van der Waals surface area contributed by atoms with Gasteiger partial charge in [0.05, 0.1) is 11.1 Å². The third kappa shape index (κ3) is 5.26. The highest BCUT2D eigenvalue weighted by Gasteiger charge is 2.32. The van der Waals surface area contributed by atoms with E-state index in [0.717, 1.165) is 29.8 Å². The average molecular weight is 432 g/mol. The Morgan fingerprint density at radius 3 is 2.28 bits per heavy atom. The van der Waals surface area contributed by atoms with Gasteiger partial charge in [-0.25, -0.2) is 8.42 Å². The topological polar surface area (TPSA) is 84.7 Å². The summed E-state index contributed by atoms with van der Waals surface area (Å²) in [5, 5.41) is 4.06. The standard InChI is InChI=1S/C17H19F3N4O4S/c1-13-10-21-23(11-13)12-16(25)22-6-8-24(9-7-22)29(26,27)15-4-2-14(3-5-15)28-17(18,19)20/h2-5,10-11H,6-9,12H2,1H3. The van der Waals surface area contributed by atoms with Crippen LogP contribution in [-0.4, -0.2) is 65.9 Å². The number of piperazine rings is 1. The summed E-state index contributed by atoms with van der Waals surface area (Å²) in [7, 11) is -3.89. The molecule has 12 heteroatoms. The molecule has 0 bridgehead atoms. The van der Waals surface area contributed by atoms with Crippen LogP contribution in [0.1, 0.15) is 5.56 Å². The number of nitrogens with zero attached hydrogens (tertiary/aromatic N) is 4. The van der Waals surface area contributed by atoms with Gasteiger partial charge in [-0.05, 0) is 36.8 Å². The lowest BCUT2D eigenvalue weighted by molar-refractivity contribution is -0.274. The molecule has 2 heterocycles. The molecule has 0 saturated carbocycles. The number of rotatable bonds is 5. The average Bonchev–Trinajstić information content (AvgIpc) is 3.05. The maximum absolute atomic E-state index is 12.7. The number of hydrogen-bond acceptors (Lipinski definition) is 5. The highest BCUT2D eigenvalue weighted by molar-refractivity contribution is 7.89. The van der Waals surface area contributed by atoms with Crippen molar-refractivity contribution in [2.75, 3.05) is 26.2 Å². The van der Waals surface area contributed by atoms with Crippen molar-refractivity contribution < 1.29 is 31.1 Å². The first kappa shape index (κ1) is 21.1. The van der Waals surface area contributed by atoms with Crippen LogP contribution in [0.15, 0.2) is 41.6 Å². The van der Waals surface area contributed by atoms with Crippen molar-refractivity contribution in [1.29, 1.82) is 0 Å². The van der Waals surface area contributed by atoms with Crippen LogP contribution in [-0.2, 0) is 21.4 Å². The van der Waals surface area contributed by atoms with E-state index in [9.17, 15) is 26.4 Å². The molecule has 158 valence electrons. The Balaban J connectivity index is 1.59. The van der Waals surface area contributed by atoms with E-state index in [2.05, 4.69) is 9.84 Å². The van der Waals surface area contributed by atoms with Crippen molar-refractivity contribution in [3.05, 3.63) is 42.2 Å². The summed E-state index contributed by atoms with van der Waals surface area (Å²) in [6.07, 6.45) is -1.47. The minimum absolute atomic E-state index is 0.0707. The molecule has 0 atom stereocenters. The van der Waals surface area contributed by atoms with Crippen LogP contribution in [0.3, 0.4) is 0 Å². The fraction of sp³-hybridized carbons (Fsp3) is 0.412. The quantitative estimate of drug-likeness (QED) is 0.717. The smallest absolute Gasteiger partial charge is 0.406 e. The van der Waals surface area contributed by atoms with E-state index in [1.165, 1.54) is 8.99 Å². The molecular weight excluding hydrogens is 413 g/mol. The molecule has 1 aliphatic rings. The molecule has 1 aromatic carbocycles. The number of carbonyl (C=O) groups is 1. The first-order valence-corrected chi connectivity index (χ1v) is 10.1. The highest BCUT2D eigenvalue weighted by Crippen LogP contribution is 2.25. The minimum Gasteiger partial charge on any atom is -0.406 e. The molecule has 1 fully saturated rings. The summed E-state index contributed by atoms with van der Waals surface area (Å²) < 4.78 is 68.5. The van der Waals surface area contributed by atoms with Gasteiger partial charge in [0.2, 0.25) is 15.9 Å². The second kappa shape index (κ2) is 8.03. The van der Waals surface area contributed by atoms with E-state index < -0.39 is 22.1 Å². The first-order chi connectivity index (χ1) is 13.5. The fourth-order valence-corrected chi connectivity index (χ4v) is 4.35. The van der Waals surface area contributed by atoms with E-state index in [0.29, 0.717) is 0 Å². The SMILES string of the molecule is Cc1cnn(CC(=O)N2CCN(S(=O)(=O)c3ccc(OC(F)(F)F)cc3)CC2)c1. The molecule has 2 aromatic rings. The molecule has 1 aliphatic heterocycles. The monoisotopic (exact) mass is 432 g/mol. The predicted molar refractivity (Wildman–Crippen MR) is 95.4 cm³/mol. The molecule has 29 heavy (non-hydrogen) atoms. The Bertz CT molecular complexity index is 965. The van der Waals surface area contributed by atoms with Crippen LogP contribution in [0.4, 0.5) is 13.2 Å². The van der Waals surface area contributed by atoms with Crippen LogP contribution < -0.4 is 4.74 Å². The lowest BCUT2D eigenvalue weighted by atomic mass is 10.3. The second-order valence-electron chi connectivity index (χ2n) is 6.52. The Morgan fingerprint density at radius 1 is 1.14 bits per heavy atom. The molecule has 0 aliphatic carbocycles. The number of amides is 1. The summed E-state index contributed by atoms with van der Waals surface area (Å²) >= 11 is 0. The van der Waals surface area contributed by atoms with Gasteiger partial charge >= 0.3 is 6.36 Å². The Kier molecular flexibility index (Phi) is 5.85. The molecular formula is C17H19F3N4O4S. The van der Waals surface area contributed by atoms with Gasteiger partial charge in [-0.1, -0.05) is 0 Å². The number of sulfonamides is 1. The summed E-state index contributed by atoms with van der Waals surface area (Å²) in [5.41, 5.74) is 0.931. The van der Waals surface area contributed by atoms with Gasteiger partial charge in [0.1, 0.15) is 12.3 Å². The van der Waals surface area contributed by atoms with Gasteiger partial charge in [0.25, 0.3) is 0 Å². The summed E-state index contributed by atoms with van der Waals surface area (Å²) in [5.74, 6) is -0.667. The third-order valence-corrected chi connectivity index (χ3v) is 6.26. The van der Waals surface area contributed by atoms with Gasteiger partial charge in [-0.2, -0.15) is 9.40 Å². The molecule has 1 saturated heterocycles. The lowest BCUT2D eigenvalue weighted by Crippen LogP contribution is -2.51. The fourth-order valence-electron chi connectivity index (χ4n) is 2.93. The largest absolute Gasteiger partial charge is 0.573 e. The van der Waals surface area contributed by atoms with Crippen molar-refractivity contribution >= 4 is 15.9 Å². The van der Waals surface area contributed by atoms with Gasteiger partial charge in [-0.3, -0.25) is 9.48 Å². The molecule has 0 unspecified atom stereocenters. The number of carbonyl (C=O) groups excluding carboxylic acids is 1. The molecule has 0 N–H and O–H groups in total. The number of benzene rings is 1. The van der Waals surface area contributed by atoms with Crippen LogP contribution in [0.25, 0.3) is 0 Å². The predicted octanol–water partition coefficient (Wildman–Crippen LogP) is 1.62. The highest BCUT2D eigenvalue weighted by atomic mass is 32.2. The van der Waals surface area contributed by atoms with Crippen LogP contribution in [0, 0.1) is 6.92 Å². The van der Waals surface area contributed by atoms with Crippen LogP contribution in [0.2, 0.25) is 0 Å². The molecule has 0 spiro atoms. The zero-order valence-electron chi connectivity index (χ0n) is 15.5. The minimum atomic E-state index is -4.85. The van der Waals surface area contributed by atoms with E-state index in [1.54, 1.807) is 17.3 Å². The Labute approximate surface area is 165 Å². The number of aromatic nitrogens is 2. The maximum Gasteiger partial charge on any atom is 0.573 e. The van der Waals surface area contributed by atoms with E-state index >= 15 is 0 Å².